The lowest BCUT2D eigenvalue weighted by atomic mass is 9.47. The van der Waals surface area contributed by atoms with E-state index in [0.717, 1.165) is 5.92 Å². The number of rotatable bonds is 1. The van der Waals surface area contributed by atoms with Crippen LogP contribution in [-0.2, 0) is 4.79 Å². The molecule has 2 unspecified atom stereocenters. The van der Waals surface area contributed by atoms with E-state index in [-0.39, 0.29) is 0 Å². The molecule has 0 radical (unpaired) electrons. The molecule has 0 aromatic carbocycles. The minimum Gasteiger partial charge on any atom is -0.299 e. The van der Waals surface area contributed by atoms with Crippen LogP contribution in [0.5, 0.6) is 0 Å². The van der Waals surface area contributed by atoms with E-state index < -0.39 is 0 Å². The first-order valence-corrected chi connectivity index (χ1v) is 6.91. The highest BCUT2D eigenvalue weighted by molar-refractivity contribution is 5.85. The first-order valence-electron chi connectivity index (χ1n) is 6.91. The van der Waals surface area contributed by atoms with E-state index in [4.69, 9.17) is 0 Å². The molecular formula is C15H24O. The third kappa shape index (κ3) is 1.63. The lowest BCUT2D eigenvalue weighted by molar-refractivity contribution is -0.149. The molecule has 0 aromatic heterocycles. The van der Waals surface area contributed by atoms with Crippen molar-refractivity contribution < 1.29 is 4.79 Å². The summed E-state index contributed by atoms with van der Waals surface area (Å²) in [7, 11) is 0. The fraction of sp³-hybridized carbons (Fsp3) is 0.933. The Morgan fingerprint density at radius 2 is 1.69 bits per heavy atom. The molecule has 90 valence electrons. The van der Waals surface area contributed by atoms with Gasteiger partial charge in [-0.3, -0.25) is 4.79 Å². The topological polar surface area (TPSA) is 17.1 Å². The quantitative estimate of drug-likeness (QED) is 0.656. The smallest absolute Gasteiger partial charge is 0.139 e. The van der Waals surface area contributed by atoms with Crippen molar-refractivity contribution in [1.29, 1.82) is 0 Å². The van der Waals surface area contributed by atoms with E-state index in [2.05, 4.69) is 20.8 Å². The van der Waals surface area contributed by atoms with Gasteiger partial charge in [0, 0.05) is 11.8 Å². The highest BCUT2D eigenvalue weighted by atomic mass is 16.1. The molecule has 4 aliphatic carbocycles. The Labute approximate surface area is 99.0 Å². The Hall–Kier alpha value is -0.330. The zero-order valence-electron chi connectivity index (χ0n) is 10.9. The van der Waals surface area contributed by atoms with Gasteiger partial charge in [0.15, 0.2) is 0 Å². The van der Waals surface area contributed by atoms with E-state index in [9.17, 15) is 4.79 Å². The van der Waals surface area contributed by atoms with E-state index in [0.29, 0.717) is 28.4 Å². The number of hydrogen-bond acceptors (Lipinski definition) is 1. The van der Waals surface area contributed by atoms with Gasteiger partial charge in [-0.15, -0.1) is 0 Å². The average molecular weight is 220 g/mol. The van der Waals surface area contributed by atoms with Crippen LogP contribution in [0, 0.1) is 28.6 Å². The van der Waals surface area contributed by atoms with Gasteiger partial charge in [0.1, 0.15) is 5.78 Å². The molecule has 0 heterocycles. The molecule has 0 aliphatic heterocycles. The highest BCUT2D eigenvalue weighted by Gasteiger charge is 2.55. The second-order valence-corrected chi connectivity index (χ2v) is 7.98. The molecule has 0 amide bonds. The number of hydrogen-bond donors (Lipinski definition) is 0. The second-order valence-electron chi connectivity index (χ2n) is 7.98. The van der Waals surface area contributed by atoms with Crippen LogP contribution in [0.2, 0.25) is 0 Å². The van der Waals surface area contributed by atoms with Gasteiger partial charge in [-0.05, 0) is 55.3 Å². The third-order valence-corrected chi connectivity index (χ3v) is 5.03. The number of carbonyl (C=O) groups is 1. The van der Waals surface area contributed by atoms with Gasteiger partial charge in [-0.1, -0.05) is 20.8 Å². The van der Waals surface area contributed by atoms with Crippen molar-refractivity contribution in [2.24, 2.45) is 28.6 Å². The van der Waals surface area contributed by atoms with Crippen LogP contribution in [0.4, 0.5) is 0 Å². The van der Waals surface area contributed by atoms with Crippen LogP contribution in [0.25, 0.3) is 0 Å². The summed E-state index contributed by atoms with van der Waals surface area (Å²) in [5.74, 6) is 2.42. The van der Waals surface area contributed by atoms with E-state index in [1.54, 1.807) is 0 Å². The molecule has 2 atom stereocenters. The minimum absolute atomic E-state index is 0.425. The summed E-state index contributed by atoms with van der Waals surface area (Å²) in [6, 6.07) is 0. The molecule has 4 fully saturated rings. The molecule has 0 aromatic rings. The molecule has 0 N–H and O–H groups in total. The standard InChI is InChI=1S/C15H24O/c1-14(2,3)9-15-6-10-4-11(7-15)13(16)12(5-10)8-15/h10-12H,4-9H2,1-3H3. The first kappa shape index (κ1) is 10.8. The van der Waals surface area contributed by atoms with Gasteiger partial charge < -0.3 is 0 Å². The third-order valence-electron chi connectivity index (χ3n) is 5.03. The van der Waals surface area contributed by atoms with Crippen molar-refractivity contribution in [1.82, 2.24) is 0 Å². The van der Waals surface area contributed by atoms with Crippen molar-refractivity contribution in [3.05, 3.63) is 0 Å². The highest BCUT2D eigenvalue weighted by Crippen LogP contribution is 2.61. The van der Waals surface area contributed by atoms with Crippen LogP contribution in [0.15, 0.2) is 0 Å². The van der Waals surface area contributed by atoms with Gasteiger partial charge >= 0.3 is 0 Å². The summed E-state index contributed by atoms with van der Waals surface area (Å²) in [4.78, 5) is 12.1. The molecule has 1 heteroatoms. The van der Waals surface area contributed by atoms with Gasteiger partial charge in [-0.2, -0.15) is 0 Å². The van der Waals surface area contributed by atoms with Crippen molar-refractivity contribution >= 4 is 5.78 Å². The van der Waals surface area contributed by atoms with Crippen LogP contribution < -0.4 is 0 Å². The zero-order chi connectivity index (χ0) is 11.6. The SMILES string of the molecule is CC(C)(C)CC12CC3CC(C1)C(=O)C(C3)C2. The Balaban J connectivity index is 1.86. The fourth-order valence-corrected chi connectivity index (χ4v) is 5.25. The minimum atomic E-state index is 0.425. The van der Waals surface area contributed by atoms with Crippen LogP contribution >= 0.6 is 0 Å². The predicted octanol–water partition coefficient (Wildman–Crippen LogP) is 3.82. The second kappa shape index (κ2) is 3.11. The number of Topliss-reactive ketones (excluding diaryl/α,β-unsaturated/α-hetero) is 1. The normalized spacial score (nSPS) is 46.4. The van der Waals surface area contributed by atoms with Crippen molar-refractivity contribution in [3.63, 3.8) is 0 Å². The van der Waals surface area contributed by atoms with E-state index >= 15 is 0 Å². The summed E-state index contributed by atoms with van der Waals surface area (Å²) >= 11 is 0. The van der Waals surface area contributed by atoms with Gasteiger partial charge in [0.05, 0.1) is 0 Å². The van der Waals surface area contributed by atoms with E-state index in [1.807, 2.05) is 0 Å². The van der Waals surface area contributed by atoms with Gasteiger partial charge in [0.25, 0.3) is 0 Å². The first-order chi connectivity index (χ1) is 7.37. The van der Waals surface area contributed by atoms with Gasteiger partial charge in [-0.25, -0.2) is 0 Å². The van der Waals surface area contributed by atoms with Crippen LogP contribution in [0.3, 0.4) is 0 Å². The molecule has 4 aliphatic rings. The molecule has 0 saturated heterocycles. The maximum absolute atomic E-state index is 12.1. The monoisotopic (exact) mass is 220 g/mol. The summed E-state index contributed by atoms with van der Waals surface area (Å²) in [5.41, 5.74) is 0.970. The van der Waals surface area contributed by atoms with Crippen LogP contribution in [0.1, 0.15) is 59.3 Å². The molecule has 16 heavy (non-hydrogen) atoms. The summed E-state index contributed by atoms with van der Waals surface area (Å²) in [6.45, 7) is 7.06. The van der Waals surface area contributed by atoms with Crippen LogP contribution in [-0.4, -0.2) is 5.78 Å². The number of ketones is 1. The predicted molar refractivity (Wildman–Crippen MR) is 65.1 cm³/mol. The largest absolute Gasteiger partial charge is 0.299 e. The summed E-state index contributed by atoms with van der Waals surface area (Å²) in [6.07, 6.45) is 7.63. The molecule has 4 saturated carbocycles. The molecular weight excluding hydrogens is 196 g/mol. The Morgan fingerprint density at radius 1 is 1.12 bits per heavy atom. The number of carbonyl (C=O) groups excluding carboxylic acids is 1. The Kier molecular flexibility index (Phi) is 2.10. The zero-order valence-corrected chi connectivity index (χ0v) is 10.9. The summed E-state index contributed by atoms with van der Waals surface area (Å²) in [5, 5.41) is 0. The fourth-order valence-electron chi connectivity index (χ4n) is 5.25. The molecule has 1 nitrogen and oxygen atoms in total. The summed E-state index contributed by atoms with van der Waals surface area (Å²) < 4.78 is 0. The van der Waals surface area contributed by atoms with Crippen molar-refractivity contribution in [2.75, 3.05) is 0 Å². The Bertz CT molecular complexity index is 305. The van der Waals surface area contributed by atoms with Gasteiger partial charge in [0.2, 0.25) is 0 Å². The van der Waals surface area contributed by atoms with E-state index in [1.165, 1.54) is 38.5 Å². The van der Waals surface area contributed by atoms with Crippen molar-refractivity contribution in [2.45, 2.75) is 59.3 Å². The lowest BCUT2D eigenvalue weighted by Crippen LogP contribution is -2.52. The van der Waals surface area contributed by atoms with Crippen molar-refractivity contribution in [3.8, 4) is 0 Å². The lowest BCUT2D eigenvalue weighted by Gasteiger charge is -2.57. The molecule has 0 spiro atoms. The average Bonchev–Trinajstić information content (AvgIpc) is 2.08. The maximum Gasteiger partial charge on any atom is 0.139 e. The maximum atomic E-state index is 12.1. The Morgan fingerprint density at radius 3 is 2.19 bits per heavy atom. The molecule has 4 rings (SSSR count). The molecule has 4 bridgehead atoms.